The van der Waals surface area contributed by atoms with Crippen molar-refractivity contribution >= 4 is 32.7 Å². The maximum absolute atomic E-state index is 5.77. The van der Waals surface area contributed by atoms with E-state index in [4.69, 9.17) is 10.2 Å². The van der Waals surface area contributed by atoms with E-state index in [0.717, 1.165) is 27.9 Å². The highest BCUT2D eigenvalue weighted by Crippen LogP contribution is 2.26. The summed E-state index contributed by atoms with van der Waals surface area (Å²) in [4.78, 5) is 4.26. The Balaban J connectivity index is 2.75. The van der Waals surface area contributed by atoms with Crippen LogP contribution >= 0.6 is 15.9 Å². The molecule has 0 amide bonds. The van der Waals surface area contributed by atoms with Crippen molar-refractivity contribution in [2.24, 2.45) is 0 Å². The molecule has 0 aliphatic rings. The van der Waals surface area contributed by atoms with Gasteiger partial charge in [0, 0.05) is 10.9 Å². The Hall–Kier alpha value is -1.03. The van der Waals surface area contributed by atoms with Crippen LogP contribution < -0.4 is 5.73 Å². The molecule has 0 atom stereocenters. The van der Waals surface area contributed by atoms with E-state index in [1.807, 2.05) is 19.1 Å². The van der Waals surface area contributed by atoms with Crippen LogP contribution in [-0.4, -0.2) is 4.98 Å². The minimum Gasteiger partial charge on any atom is -0.441 e. The number of hydrogen-bond acceptors (Lipinski definition) is 3. The highest BCUT2D eigenvalue weighted by atomic mass is 79.9. The SMILES string of the molecule is CCc1nc2c(N)cc(Br)cc2o1. The van der Waals surface area contributed by atoms with E-state index in [2.05, 4.69) is 20.9 Å². The molecule has 68 valence electrons. The second-order valence-corrected chi connectivity index (χ2v) is 3.72. The number of aryl methyl sites for hydroxylation is 1. The van der Waals surface area contributed by atoms with E-state index in [1.165, 1.54) is 0 Å². The molecule has 0 unspecified atom stereocenters. The van der Waals surface area contributed by atoms with E-state index >= 15 is 0 Å². The molecule has 2 rings (SSSR count). The average Bonchev–Trinajstić information content (AvgIpc) is 2.47. The molecule has 0 bridgehead atoms. The molecule has 0 spiro atoms. The predicted molar refractivity (Wildman–Crippen MR) is 55.5 cm³/mol. The van der Waals surface area contributed by atoms with E-state index in [-0.39, 0.29) is 0 Å². The van der Waals surface area contributed by atoms with Gasteiger partial charge in [-0.1, -0.05) is 22.9 Å². The van der Waals surface area contributed by atoms with E-state index in [1.54, 1.807) is 0 Å². The minimum atomic E-state index is 0.646. The van der Waals surface area contributed by atoms with Gasteiger partial charge in [0.05, 0.1) is 5.69 Å². The lowest BCUT2D eigenvalue weighted by Gasteiger charge is -1.93. The molecule has 1 aromatic carbocycles. The number of benzene rings is 1. The lowest BCUT2D eigenvalue weighted by Crippen LogP contribution is -1.86. The zero-order valence-corrected chi connectivity index (χ0v) is 8.76. The summed E-state index contributed by atoms with van der Waals surface area (Å²) in [5.74, 6) is 0.722. The van der Waals surface area contributed by atoms with Crippen LogP contribution in [0.15, 0.2) is 21.0 Å². The van der Waals surface area contributed by atoms with Crippen molar-refractivity contribution in [3.63, 3.8) is 0 Å². The maximum atomic E-state index is 5.77. The molecule has 1 heterocycles. The minimum absolute atomic E-state index is 0.646. The van der Waals surface area contributed by atoms with Crippen LogP contribution in [0.4, 0.5) is 5.69 Å². The third kappa shape index (κ3) is 1.42. The molecular formula is C9H9BrN2O. The zero-order chi connectivity index (χ0) is 9.42. The van der Waals surface area contributed by atoms with Gasteiger partial charge in [0.2, 0.25) is 0 Å². The fourth-order valence-electron chi connectivity index (χ4n) is 1.22. The van der Waals surface area contributed by atoms with Gasteiger partial charge in [-0.05, 0) is 12.1 Å². The number of rotatable bonds is 1. The number of nitrogens with two attached hydrogens (primary N) is 1. The van der Waals surface area contributed by atoms with Gasteiger partial charge >= 0.3 is 0 Å². The van der Waals surface area contributed by atoms with Gasteiger partial charge in [0.1, 0.15) is 5.52 Å². The van der Waals surface area contributed by atoms with Crippen molar-refractivity contribution in [1.29, 1.82) is 0 Å². The number of anilines is 1. The summed E-state index contributed by atoms with van der Waals surface area (Å²) in [5.41, 5.74) is 7.91. The molecule has 13 heavy (non-hydrogen) atoms. The Morgan fingerprint density at radius 2 is 2.31 bits per heavy atom. The summed E-state index contributed by atoms with van der Waals surface area (Å²) in [7, 11) is 0. The van der Waals surface area contributed by atoms with Crippen LogP contribution in [0.2, 0.25) is 0 Å². The normalized spacial score (nSPS) is 10.9. The summed E-state index contributed by atoms with van der Waals surface area (Å²) in [6.07, 6.45) is 0.783. The largest absolute Gasteiger partial charge is 0.441 e. The quantitative estimate of drug-likeness (QED) is 0.781. The first-order valence-corrected chi connectivity index (χ1v) is 4.84. The molecule has 0 fully saturated rings. The molecule has 1 aromatic heterocycles. The third-order valence-electron chi connectivity index (χ3n) is 1.84. The van der Waals surface area contributed by atoms with Crippen molar-refractivity contribution in [2.45, 2.75) is 13.3 Å². The second kappa shape index (κ2) is 3.03. The van der Waals surface area contributed by atoms with Crippen molar-refractivity contribution in [3.05, 3.63) is 22.5 Å². The van der Waals surface area contributed by atoms with Gasteiger partial charge in [0.25, 0.3) is 0 Å². The lowest BCUT2D eigenvalue weighted by atomic mass is 10.3. The van der Waals surface area contributed by atoms with Crippen LogP contribution in [-0.2, 0) is 6.42 Å². The van der Waals surface area contributed by atoms with Gasteiger partial charge < -0.3 is 10.2 Å². The number of halogens is 1. The van der Waals surface area contributed by atoms with Crippen LogP contribution in [0.3, 0.4) is 0 Å². The Labute approximate surface area is 84.1 Å². The molecule has 2 N–H and O–H groups in total. The third-order valence-corrected chi connectivity index (χ3v) is 2.29. The molecule has 2 aromatic rings. The summed E-state index contributed by atoms with van der Waals surface area (Å²) in [5, 5.41) is 0. The lowest BCUT2D eigenvalue weighted by molar-refractivity contribution is 0.538. The van der Waals surface area contributed by atoms with Gasteiger partial charge in [-0.15, -0.1) is 0 Å². The van der Waals surface area contributed by atoms with Crippen LogP contribution in [0.25, 0.3) is 11.1 Å². The topological polar surface area (TPSA) is 52.0 Å². The monoisotopic (exact) mass is 240 g/mol. The molecular weight excluding hydrogens is 232 g/mol. The smallest absolute Gasteiger partial charge is 0.195 e. The summed E-state index contributed by atoms with van der Waals surface area (Å²) < 4.78 is 6.37. The first-order chi connectivity index (χ1) is 6.20. The highest BCUT2D eigenvalue weighted by molar-refractivity contribution is 9.10. The van der Waals surface area contributed by atoms with Gasteiger partial charge in [0.15, 0.2) is 11.5 Å². The average molecular weight is 241 g/mol. The number of fused-ring (bicyclic) bond motifs is 1. The molecule has 0 radical (unpaired) electrons. The number of hydrogen-bond donors (Lipinski definition) is 1. The Morgan fingerprint density at radius 1 is 1.54 bits per heavy atom. The highest BCUT2D eigenvalue weighted by Gasteiger charge is 2.07. The fourth-order valence-corrected chi connectivity index (χ4v) is 1.67. The molecule has 0 saturated carbocycles. The number of nitrogens with zero attached hydrogens (tertiary/aromatic N) is 1. The van der Waals surface area contributed by atoms with Crippen LogP contribution in [0, 0.1) is 0 Å². The van der Waals surface area contributed by atoms with E-state index < -0.39 is 0 Å². The number of nitrogen functional groups attached to an aromatic ring is 1. The fraction of sp³-hybridized carbons (Fsp3) is 0.222. The first kappa shape index (κ1) is 8.56. The maximum Gasteiger partial charge on any atom is 0.195 e. The number of oxazole rings is 1. The Morgan fingerprint density at radius 3 is 3.00 bits per heavy atom. The van der Waals surface area contributed by atoms with Crippen LogP contribution in [0.5, 0.6) is 0 Å². The first-order valence-electron chi connectivity index (χ1n) is 4.05. The molecule has 3 nitrogen and oxygen atoms in total. The second-order valence-electron chi connectivity index (χ2n) is 2.80. The Bertz CT molecular complexity index is 450. The van der Waals surface area contributed by atoms with Gasteiger partial charge in [-0.25, -0.2) is 4.98 Å². The van der Waals surface area contributed by atoms with E-state index in [9.17, 15) is 0 Å². The van der Waals surface area contributed by atoms with Crippen LogP contribution in [0.1, 0.15) is 12.8 Å². The van der Waals surface area contributed by atoms with Crippen molar-refractivity contribution in [2.75, 3.05) is 5.73 Å². The zero-order valence-electron chi connectivity index (χ0n) is 7.17. The standard InChI is InChI=1S/C9H9BrN2O/c1-2-8-12-9-6(11)3-5(10)4-7(9)13-8/h3-4H,2,11H2,1H3. The molecule has 4 heteroatoms. The van der Waals surface area contributed by atoms with Crippen molar-refractivity contribution in [1.82, 2.24) is 4.98 Å². The molecule has 0 saturated heterocycles. The van der Waals surface area contributed by atoms with Crippen molar-refractivity contribution < 1.29 is 4.42 Å². The molecule has 0 aliphatic heterocycles. The summed E-state index contributed by atoms with van der Waals surface area (Å²) in [6.45, 7) is 2.00. The molecule has 0 aliphatic carbocycles. The summed E-state index contributed by atoms with van der Waals surface area (Å²) in [6, 6.07) is 3.70. The number of aromatic nitrogens is 1. The van der Waals surface area contributed by atoms with E-state index in [0.29, 0.717) is 5.69 Å². The van der Waals surface area contributed by atoms with Crippen molar-refractivity contribution in [3.8, 4) is 0 Å². The summed E-state index contributed by atoms with van der Waals surface area (Å²) >= 11 is 3.35. The Kier molecular flexibility index (Phi) is 2.00. The van der Waals surface area contributed by atoms with Gasteiger partial charge in [-0.3, -0.25) is 0 Å². The van der Waals surface area contributed by atoms with Gasteiger partial charge in [-0.2, -0.15) is 0 Å². The predicted octanol–water partition coefficient (Wildman–Crippen LogP) is 2.73.